The number of fused-ring (bicyclic) bond motifs is 1. The second-order valence-corrected chi connectivity index (χ2v) is 4.12. The number of aromatic nitrogens is 2. The van der Waals surface area contributed by atoms with Crippen LogP contribution in [0.4, 0.5) is 5.69 Å². The van der Waals surface area contributed by atoms with Gasteiger partial charge in [0, 0.05) is 11.5 Å². The first kappa shape index (κ1) is 10.7. The Morgan fingerprint density at radius 1 is 1.17 bits per heavy atom. The van der Waals surface area contributed by atoms with Gasteiger partial charge < -0.3 is 10.5 Å². The standard InChI is InChI=1S/C14H13N3O/c15-12-6-11-8-16-17-13(11)7-14(12)18-9-10-4-2-1-3-5-10/h1-8H,9,15H2,(H,16,17). The summed E-state index contributed by atoms with van der Waals surface area (Å²) in [6.07, 6.45) is 1.74. The average Bonchev–Trinajstić information content (AvgIpc) is 2.84. The molecular weight excluding hydrogens is 226 g/mol. The van der Waals surface area contributed by atoms with Crippen molar-refractivity contribution in [2.24, 2.45) is 0 Å². The Morgan fingerprint density at radius 3 is 2.83 bits per heavy atom. The molecule has 0 amide bonds. The van der Waals surface area contributed by atoms with E-state index in [9.17, 15) is 0 Å². The van der Waals surface area contributed by atoms with Gasteiger partial charge in [0.1, 0.15) is 12.4 Å². The molecule has 0 aliphatic rings. The van der Waals surface area contributed by atoms with Gasteiger partial charge in [-0.05, 0) is 11.6 Å². The van der Waals surface area contributed by atoms with Gasteiger partial charge in [0.15, 0.2) is 0 Å². The minimum atomic E-state index is 0.505. The molecule has 0 aliphatic carbocycles. The van der Waals surface area contributed by atoms with Crippen LogP contribution in [0.1, 0.15) is 5.56 Å². The van der Waals surface area contributed by atoms with E-state index < -0.39 is 0 Å². The molecule has 3 N–H and O–H groups in total. The molecule has 0 aliphatic heterocycles. The number of hydrogen-bond acceptors (Lipinski definition) is 3. The number of benzene rings is 2. The van der Waals surface area contributed by atoms with E-state index >= 15 is 0 Å². The van der Waals surface area contributed by atoms with Crippen molar-refractivity contribution in [3.63, 3.8) is 0 Å². The molecule has 1 heterocycles. The quantitative estimate of drug-likeness (QED) is 0.691. The first-order chi connectivity index (χ1) is 8.83. The lowest BCUT2D eigenvalue weighted by molar-refractivity contribution is 0.308. The van der Waals surface area contributed by atoms with Crippen LogP contribution in [0.2, 0.25) is 0 Å². The lowest BCUT2D eigenvalue weighted by atomic mass is 10.2. The van der Waals surface area contributed by atoms with Crippen molar-refractivity contribution in [2.45, 2.75) is 6.61 Å². The van der Waals surface area contributed by atoms with Crippen LogP contribution in [0, 0.1) is 0 Å². The Bertz CT molecular complexity index is 661. The van der Waals surface area contributed by atoms with Crippen molar-refractivity contribution in [1.82, 2.24) is 10.2 Å². The number of hydrogen-bond donors (Lipinski definition) is 2. The predicted octanol–water partition coefficient (Wildman–Crippen LogP) is 2.72. The number of aromatic amines is 1. The molecule has 0 fully saturated rings. The van der Waals surface area contributed by atoms with Gasteiger partial charge in [0.25, 0.3) is 0 Å². The molecule has 0 spiro atoms. The normalized spacial score (nSPS) is 10.7. The molecule has 0 bridgehead atoms. The van der Waals surface area contributed by atoms with E-state index in [0.717, 1.165) is 16.5 Å². The summed E-state index contributed by atoms with van der Waals surface area (Å²) in [5.74, 6) is 0.676. The van der Waals surface area contributed by atoms with Crippen molar-refractivity contribution < 1.29 is 4.74 Å². The summed E-state index contributed by atoms with van der Waals surface area (Å²) in [7, 11) is 0. The highest BCUT2D eigenvalue weighted by Gasteiger charge is 2.05. The van der Waals surface area contributed by atoms with Crippen LogP contribution < -0.4 is 10.5 Å². The van der Waals surface area contributed by atoms with Gasteiger partial charge in [-0.25, -0.2) is 0 Å². The SMILES string of the molecule is Nc1cc2cn[nH]c2cc1OCc1ccccc1. The van der Waals surface area contributed by atoms with Crippen LogP contribution >= 0.6 is 0 Å². The molecule has 4 heteroatoms. The number of nitrogens with two attached hydrogens (primary N) is 1. The summed E-state index contributed by atoms with van der Waals surface area (Å²) in [6.45, 7) is 0.505. The molecule has 2 aromatic carbocycles. The smallest absolute Gasteiger partial charge is 0.144 e. The van der Waals surface area contributed by atoms with Crippen LogP contribution in [-0.2, 0) is 6.61 Å². The van der Waals surface area contributed by atoms with Crippen molar-refractivity contribution in [1.29, 1.82) is 0 Å². The summed E-state index contributed by atoms with van der Waals surface area (Å²) >= 11 is 0. The number of H-pyrrole nitrogens is 1. The monoisotopic (exact) mass is 239 g/mol. The molecule has 0 saturated carbocycles. The Kier molecular flexibility index (Phi) is 2.61. The Balaban J connectivity index is 1.84. The molecule has 4 nitrogen and oxygen atoms in total. The van der Waals surface area contributed by atoms with Gasteiger partial charge in [-0.1, -0.05) is 30.3 Å². The lowest BCUT2D eigenvalue weighted by Gasteiger charge is -2.09. The predicted molar refractivity (Wildman–Crippen MR) is 71.3 cm³/mol. The van der Waals surface area contributed by atoms with Crippen LogP contribution in [0.5, 0.6) is 5.75 Å². The van der Waals surface area contributed by atoms with E-state index in [2.05, 4.69) is 10.2 Å². The zero-order valence-electron chi connectivity index (χ0n) is 9.76. The van der Waals surface area contributed by atoms with Gasteiger partial charge in [-0.3, -0.25) is 5.10 Å². The summed E-state index contributed by atoms with van der Waals surface area (Å²) in [6, 6.07) is 13.7. The number of nitrogens with zero attached hydrogens (tertiary/aromatic N) is 1. The van der Waals surface area contributed by atoms with Gasteiger partial charge in [-0.15, -0.1) is 0 Å². The minimum Gasteiger partial charge on any atom is -0.487 e. The first-order valence-corrected chi connectivity index (χ1v) is 5.72. The van der Waals surface area contributed by atoms with E-state index in [4.69, 9.17) is 10.5 Å². The number of rotatable bonds is 3. The number of ether oxygens (including phenoxy) is 1. The molecule has 0 saturated heterocycles. The van der Waals surface area contributed by atoms with Crippen LogP contribution in [-0.4, -0.2) is 10.2 Å². The highest BCUT2D eigenvalue weighted by Crippen LogP contribution is 2.27. The largest absolute Gasteiger partial charge is 0.487 e. The molecule has 3 rings (SSSR count). The second-order valence-electron chi connectivity index (χ2n) is 4.12. The molecular formula is C14H13N3O. The minimum absolute atomic E-state index is 0.505. The van der Waals surface area contributed by atoms with Crippen molar-refractivity contribution in [2.75, 3.05) is 5.73 Å². The number of nitrogen functional groups attached to an aromatic ring is 1. The second kappa shape index (κ2) is 4.41. The molecule has 90 valence electrons. The van der Waals surface area contributed by atoms with Crippen LogP contribution in [0.15, 0.2) is 48.7 Å². The van der Waals surface area contributed by atoms with Gasteiger partial charge in [-0.2, -0.15) is 5.10 Å². The van der Waals surface area contributed by atoms with E-state index in [0.29, 0.717) is 18.0 Å². The fourth-order valence-electron chi connectivity index (χ4n) is 1.85. The molecule has 3 aromatic rings. The summed E-state index contributed by atoms with van der Waals surface area (Å²) < 4.78 is 5.73. The van der Waals surface area contributed by atoms with Gasteiger partial charge in [0.2, 0.25) is 0 Å². The summed E-state index contributed by atoms with van der Waals surface area (Å²) in [5.41, 5.74) is 8.60. The molecule has 18 heavy (non-hydrogen) atoms. The fourth-order valence-corrected chi connectivity index (χ4v) is 1.85. The third-order valence-electron chi connectivity index (χ3n) is 2.81. The Labute approximate surface area is 104 Å². The van der Waals surface area contributed by atoms with E-state index in [1.807, 2.05) is 42.5 Å². The zero-order valence-corrected chi connectivity index (χ0v) is 9.76. The summed E-state index contributed by atoms with van der Waals surface area (Å²) in [5, 5.41) is 7.85. The molecule has 0 unspecified atom stereocenters. The van der Waals surface area contributed by atoms with E-state index in [1.165, 1.54) is 0 Å². The maximum atomic E-state index is 5.94. The topological polar surface area (TPSA) is 63.9 Å². The maximum absolute atomic E-state index is 5.94. The highest BCUT2D eigenvalue weighted by atomic mass is 16.5. The van der Waals surface area contributed by atoms with Crippen molar-refractivity contribution in [3.05, 3.63) is 54.2 Å². The number of nitrogens with one attached hydrogen (secondary N) is 1. The third kappa shape index (κ3) is 2.00. The van der Waals surface area contributed by atoms with Crippen LogP contribution in [0.3, 0.4) is 0 Å². The van der Waals surface area contributed by atoms with Gasteiger partial charge >= 0.3 is 0 Å². The highest BCUT2D eigenvalue weighted by molar-refractivity contribution is 5.84. The maximum Gasteiger partial charge on any atom is 0.144 e. The number of anilines is 1. The zero-order chi connectivity index (χ0) is 12.4. The molecule has 0 atom stereocenters. The summed E-state index contributed by atoms with van der Waals surface area (Å²) in [4.78, 5) is 0. The van der Waals surface area contributed by atoms with E-state index in [-0.39, 0.29) is 0 Å². The van der Waals surface area contributed by atoms with Gasteiger partial charge in [0.05, 0.1) is 17.4 Å². The Morgan fingerprint density at radius 2 is 2.00 bits per heavy atom. The molecule has 0 radical (unpaired) electrons. The van der Waals surface area contributed by atoms with E-state index in [1.54, 1.807) is 6.20 Å². The average molecular weight is 239 g/mol. The fraction of sp³-hybridized carbons (Fsp3) is 0.0714. The molecule has 1 aromatic heterocycles. The van der Waals surface area contributed by atoms with Crippen molar-refractivity contribution in [3.8, 4) is 5.75 Å². The van der Waals surface area contributed by atoms with Crippen LogP contribution in [0.25, 0.3) is 10.9 Å². The lowest BCUT2D eigenvalue weighted by Crippen LogP contribution is -1.98. The Hall–Kier alpha value is -2.49. The first-order valence-electron chi connectivity index (χ1n) is 5.72. The van der Waals surface area contributed by atoms with Crippen molar-refractivity contribution >= 4 is 16.6 Å². The third-order valence-corrected chi connectivity index (χ3v) is 2.81.